The van der Waals surface area contributed by atoms with Gasteiger partial charge in [-0.15, -0.1) is 0 Å². The molecule has 0 heterocycles. The maximum atomic E-state index is 9.49. The van der Waals surface area contributed by atoms with Crippen LogP contribution in [0.25, 0.3) is 0 Å². The molecule has 0 aliphatic carbocycles. The summed E-state index contributed by atoms with van der Waals surface area (Å²) in [6.45, 7) is 13.9. The zero-order chi connectivity index (χ0) is 11.4. The van der Waals surface area contributed by atoms with Gasteiger partial charge in [0.2, 0.25) is 0 Å². The van der Waals surface area contributed by atoms with Gasteiger partial charge in [0, 0.05) is 6.61 Å². The highest BCUT2D eigenvalue weighted by Gasteiger charge is 2.31. The first-order chi connectivity index (χ1) is 6.31. The number of rotatable bonds is 5. The average Bonchev–Trinajstić information content (AvgIpc) is 2.12. The molecule has 1 heteroatoms. The highest BCUT2D eigenvalue weighted by molar-refractivity contribution is 4.82. The van der Waals surface area contributed by atoms with E-state index in [-0.39, 0.29) is 5.41 Å². The van der Waals surface area contributed by atoms with E-state index in [1.165, 1.54) is 0 Å². The van der Waals surface area contributed by atoms with Crippen molar-refractivity contribution in [2.75, 3.05) is 6.61 Å². The molecule has 0 saturated carbocycles. The lowest BCUT2D eigenvalue weighted by molar-refractivity contribution is 0.0638. The van der Waals surface area contributed by atoms with E-state index in [2.05, 4.69) is 41.5 Å². The third kappa shape index (κ3) is 3.61. The lowest BCUT2D eigenvalue weighted by atomic mass is 9.69. The SMILES string of the molecule is CCC(CC)(CO)CC(C)C(C)(C)C. The van der Waals surface area contributed by atoms with Crippen LogP contribution in [0.2, 0.25) is 0 Å². The Morgan fingerprint density at radius 1 is 1.07 bits per heavy atom. The molecule has 86 valence electrons. The maximum absolute atomic E-state index is 9.49. The van der Waals surface area contributed by atoms with Crippen LogP contribution in [0.4, 0.5) is 0 Å². The van der Waals surface area contributed by atoms with E-state index in [4.69, 9.17) is 0 Å². The minimum atomic E-state index is 0.159. The zero-order valence-electron chi connectivity index (χ0n) is 10.9. The maximum Gasteiger partial charge on any atom is 0.0487 e. The third-order valence-electron chi connectivity index (χ3n) is 4.05. The second-order valence-electron chi connectivity index (χ2n) is 5.84. The molecule has 0 amide bonds. The van der Waals surface area contributed by atoms with Gasteiger partial charge in [-0.3, -0.25) is 0 Å². The highest BCUT2D eigenvalue weighted by atomic mass is 16.3. The Hall–Kier alpha value is -0.0400. The Balaban J connectivity index is 4.45. The zero-order valence-corrected chi connectivity index (χ0v) is 10.9. The van der Waals surface area contributed by atoms with Crippen molar-refractivity contribution < 1.29 is 5.11 Å². The molecular formula is C13H28O. The van der Waals surface area contributed by atoms with E-state index >= 15 is 0 Å². The molecule has 0 rings (SSSR count). The number of aliphatic hydroxyl groups excluding tert-OH is 1. The second-order valence-corrected chi connectivity index (χ2v) is 5.84. The van der Waals surface area contributed by atoms with Crippen molar-refractivity contribution in [1.29, 1.82) is 0 Å². The molecule has 0 aromatic carbocycles. The van der Waals surface area contributed by atoms with E-state index in [1.54, 1.807) is 0 Å². The molecular weight excluding hydrogens is 172 g/mol. The fraction of sp³-hybridized carbons (Fsp3) is 1.00. The molecule has 0 saturated heterocycles. The standard InChI is InChI=1S/C13H28O/c1-7-13(8-2,10-14)9-11(3)12(4,5)6/h11,14H,7-10H2,1-6H3. The summed E-state index contributed by atoms with van der Waals surface area (Å²) in [5.74, 6) is 0.662. The van der Waals surface area contributed by atoms with Crippen LogP contribution < -0.4 is 0 Å². The van der Waals surface area contributed by atoms with Gasteiger partial charge in [0.1, 0.15) is 0 Å². The van der Waals surface area contributed by atoms with Crippen LogP contribution in [0.5, 0.6) is 0 Å². The van der Waals surface area contributed by atoms with Crippen LogP contribution in [0.1, 0.15) is 60.8 Å². The summed E-state index contributed by atoms with van der Waals surface area (Å²) in [6, 6.07) is 0. The summed E-state index contributed by atoms with van der Waals surface area (Å²) in [4.78, 5) is 0. The van der Waals surface area contributed by atoms with Gasteiger partial charge in [-0.1, -0.05) is 41.5 Å². The predicted molar refractivity (Wildman–Crippen MR) is 63.3 cm³/mol. The van der Waals surface area contributed by atoms with E-state index < -0.39 is 0 Å². The van der Waals surface area contributed by atoms with Crippen molar-refractivity contribution in [3.05, 3.63) is 0 Å². The monoisotopic (exact) mass is 200 g/mol. The molecule has 0 spiro atoms. The van der Waals surface area contributed by atoms with Gasteiger partial charge in [0.15, 0.2) is 0 Å². The first-order valence-electron chi connectivity index (χ1n) is 5.92. The summed E-state index contributed by atoms with van der Waals surface area (Å²) < 4.78 is 0. The predicted octanol–water partition coefficient (Wildman–Crippen LogP) is 3.86. The number of aliphatic hydroxyl groups is 1. The Kier molecular flexibility index (Phi) is 5.14. The van der Waals surface area contributed by atoms with Gasteiger partial charge in [-0.05, 0) is 36.0 Å². The summed E-state index contributed by atoms with van der Waals surface area (Å²) in [5.41, 5.74) is 0.511. The smallest absolute Gasteiger partial charge is 0.0487 e. The van der Waals surface area contributed by atoms with E-state index in [0.29, 0.717) is 17.9 Å². The van der Waals surface area contributed by atoms with Crippen LogP contribution in [-0.4, -0.2) is 11.7 Å². The molecule has 1 atom stereocenters. The van der Waals surface area contributed by atoms with Crippen LogP contribution in [0.15, 0.2) is 0 Å². The van der Waals surface area contributed by atoms with Crippen molar-refractivity contribution in [1.82, 2.24) is 0 Å². The fourth-order valence-corrected chi connectivity index (χ4v) is 1.78. The molecule has 14 heavy (non-hydrogen) atoms. The molecule has 0 aromatic rings. The molecule has 0 aliphatic rings. The van der Waals surface area contributed by atoms with Crippen molar-refractivity contribution in [3.8, 4) is 0 Å². The molecule has 0 bridgehead atoms. The first kappa shape index (κ1) is 14.0. The normalized spacial score (nSPS) is 15.6. The summed E-state index contributed by atoms with van der Waals surface area (Å²) in [5, 5.41) is 9.49. The van der Waals surface area contributed by atoms with Gasteiger partial charge >= 0.3 is 0 Å². The number of hydrogen-bond donors (Lipinski definition) is 1. The van der Waals surface area contributed by atoms with Crippen molar-refractivity contribution >= 4 is 0 Å². The van der Waals surface area contributed by atoms with Crippen LogP contribution in [-0.2, 0) is 0 Å². The van der Waals surface area contributed by atoms with Gasteiger partial charge in [-0.2, -0.15) is 0 Å². The molecule has 0 aliphatic heterocycles. The average molecular weight is 200 g/mol. The van der Waals surface area contributed by atoms with E-state index in [9.17, 15) is 5.11 Å². The van der Waals surface area contributed by atoms with Crippen molar-refractivity contribution in [3.63, 3.8) is 0 Å². The topological polar surface area (TPSA) is 20.2 Å². The van der Waals surface area contributed by atoms with Crippen molar-refractivity contribution in [2.45, 2.75) is 60.8 Å². The minimum Gasteiger partial charge on any atom is -0.396 e. The lowest BCUT2D eigenvalue weighted by Gasteiger charge is -2.37. The Morgan fingerprint density at radius 3 is 1.71 bits per heavy atom. The van der Waals surface area contributed by atoms with E-state index in [1.807, 2.05) is 0 Å². The molecule has 1 nitrogen and oxygen atoms in total. The molecule has 0 aromatic heterocycles. The van der Waals surface area contributed by atoms with Crippen LogP contribution >= 0.6 is 0 Å². The molecule has 0 fully saturated rings. The molecule has 1 N–H and O–H groups in total. The van der Waals surface area contributed by atoms with E-state index in [0.717, 1.165) is 19.3 Å². The summed E-state index contributed by atoms with van der Waals surface area (Å²) in [7, 11) is 0. The lowest BCUT2D eigenvalue weighted by Crippen LogP contribution is -2.30. The highest BCUT2D eigenvalue weighted by Crippen LogP contribution is 2.39. The fourth-order valence-electron chi connectivity index (χ4n) is 1.78. The van der Waals surface area contributed by atoms with Gasteiger partial charge in [-0.25, -0.2) is 0 Å². The van der Waals surface area contributed by atoms with Crippen LogP contribution in [0, 0.1) is 16.7 Å². The third-order valence-corrected chi connectivity index (χ3v) is 4.05. The Morgan fingerprint density at radius 2 is 1.50 bits per heavy atom. The molecule has 1 unspecified atom stereocenters. The van der Waals surface area contributed by atoms with Crippen LogP contribution in [0.3, 0.4) is 0 Å². The quantitative estimate of drug-likeness (QED) is 0.714. The Labute approximate surface area is 89.9 Å². The minimum absolute atomic E-state index is 0.159. The second kappa shape index (κ2) is 5.16. The summed E-state index contributed by atoms with van der Waals surface area (Å²) in [6.07, 6.45) is 3.31. The van der Waals surface area contributed by atoms with Gasteiger partial charge < -0.3 is 5.11 Å². The molecule has 0 radical (unpaired) electrons. The number of hydrogen-bond acceptors (Lipinski definition) is 1. The summed E-state index contributed by atoms with van der Waals surface area (Å²) >= 11 is 0. The van der Waals surface area contributed by atoms with Gasteiger partial charge in [0.25, 0.3) is 0 Å². The van der Waals surface area contributed by atoms with Crippen molar-refractivity contribution in [2.24, 2.45) is 16.7 Å². The van der Waals surface area contributed by atoms with Gasteiger partial charge in [0.05, 0.1) is 0 Å². The Bertz CT molecular complexity index is 143. The largest absolute Gasteiger partial charge is 0.396 e. The first-order valence-corrected chi connectivity index (χ1v) is 5.92.